The molecular formula is C19H28. The first-order valence-electron chi connectivity index (χ1n) is 7.79. The number of rotatable bonds is 10. The summed E-state index contributed by atoms with van der Waals surface area (Å²) in [5, 5.41) is 0. The molecule has 0 radical (unpaired) electrons. The van der Waals surface area contributed by atoms with Crippen LogP contribution < -0.4 is 0 Å². The Morgan fingerprint density at radius 1 is 0.789 bits per heavy atom. The van der Waals surface area contributed by atoms with Gasteiger partial charge in [0.05, 0.1) is 0 Å². The van der Waals surface area contributed by atoms with E-state index in [9.17, 15) is 0 Å². The molecule has 0 fully saturated rings. The number of benzene rings is 1. The summed E-state index contributed by atoms with van der Waals surface area (Å²) in [4.78, 5) is 0. The van der Waals surface area contributed by atoms with Gasteiger partial charge in [-0.05, 0) is 24.8 Å². The Balaban J connectivity index is 1.98. The lowest BCUT2D eigenvalue weighted by Crippen LogP contribution is -1.78. The Bertz CT molecular complexity index is 346. The van der Waals surface area contributed by atoms with Crippen molar-refractivity contribution in [3.8, 4) is 0 Å². The van der Waals surface area contributed by atoms with Crippen molar-refractivity contribution in [1.29, 1.82) is 0 Å². The van der Waals surface area contributed by atoms with Crippen molar-refractivity contribution in [3.63, 3.8) is 0 Å². The third-order valence-corrected chi connectivity index (χ3v) is 3.30. The van der Waals surface area contributed by atoms with E-state index in [0.717, 1.165) is 6.42 Å². The summed E-state index contributed by atoms with van der Waals surface area (Å²) in [6.07, 6.45) is 19.4. The molecular weight excluding hydrogens is 228 g/mol. The first-order valence-corrected chi connectivity index (χ1v) is 7.79. The molecule has 1 aromatic rings. The molecule has 104 valence electrons. The van der Waals surface area contributed by atoms with E-state index in [1.165, 1.54) is 50.5 Å². The van der Waals surface area contributed by atoms with Crippen molar-refractivity contribution in [2.24, 2.45) is 0 Å². The normalized spacial score (nSPS) is 11.6. The summed E-state index contributed by atoms with van der Waals surface area (Å²) in [6.45, 7) is 2.27. The fourth-order valence-corrected chi connectivity index (χ4v) is 2.11. The second-order valence-electron chi connectivity index (χ2n) is 5.10. The highest BCUT2D eigenvalue weighted by molar-refractivity contribution is 5.18. The summed E-state index contributed by atoms with van der Waals surface area (Å²) in [5.41, 5.74) is 1.38. The number of allylic oxidation sites excluding steroid dienone is 4. The maximum Gasteiger partial charge on any atom is -0.00943 e. The molecule has 0 saturated heterocycles. The molecule has 0 spiro atoms. The summed E-state index contributed by atoms with van der Waals surface area (Å²) in [6, 6.07) is 10.6. The molecule has 0 aromatic heterocycles. The van der Waals surface area contributed by atoms with Gasteiger partial charge in [0.15, 0.2) is 0 Å². The highest BCUT2D eigenvalue weighted by atomic mass is 13.9. The average Bonchev–Trinajstić information content (AvgIpc) is 2.46. The fraction of sp³-hybridized carbons (Fsp3) is 0.474. The van der Waals surface area contributed by atoms with Crippen LogP contribution in [-0.2, 0) is 6.42 Å². The van der Waals surface area contributed by atoms with Crippen LogP contribution in [0.4, 0.5) is 0 Å². The van der Waals surface area contributed by atoms with Gasteiger partial charge in [0.25, 0.3) is 0 Å². The lowest BCUT2D eigenvalue weighted by Gasteiger charge is -1.97. The zero-order valence-corrected chi connectivity index (χ0v) is 12.4. The van der Waals surface area contributed by atoms with Gasteiger partial charge < -0.3 is 0 Å². The predicted octanol–water partition coefficient (Wildman–Crippen LogP) is 6.09. The standard InChI is InChI=1S/C19H28/c1-2-3-4-5-6-7-8-9-10-11-13-16-19-17-14-12-15-18-19/h9-15,17-18H,2-8,16H2,1H3/b10-9+,13-11-. The van der Waals surface area contributed by atoms with Gasteiger partial charge in [-0.3, -0.25) is 0 Å². The molecule has 1 rings (SSSR count). The average molecular weight is 256 g/mol. The van der Waals surface area contributed by atoms with Gasteiger partial charge in [-0.2, -0.15) is 0 Å². The van der Waals surface area contributed by atoms with Crippen molar-refractivity contribution in [2.45, 2.75) is 58.3 Å². The van der Waals surface area contributed by atoms with Crippen LogP contribution in [-0.4, -0.2) is 0 Å². The van der Waals surface area contributed by atoms with E-state index < -0.39 is 0 Å². The Morgan fingerprint density at radius 2 is 1.47 bits per heavy atom. The Kier molecular flexibility index (Phi) is 9.76. The van der Waals surface area contributed by atoms with E-state index in [2.05, 4.69) is 61.6 Å². The van der Waals surface area contributed by atoms with Crippen LogP contribution in [0.1, 0.15) is 57.4 Å². The van der Waals surface area contributed by atoms with E-state index in [1.807, 2.05) is 0 Å². The summed E-state index contributed by atoms with van der Waals surface area (Å²) in [7, 11) is 0. The molecule has 0 aliphatic carbocycles. The van der Waals surface area contributed by atoms with Crippen molar-refractivity contribution < 1.29 is 0 Å². The molecule has 1 aromatic carbocycles. The molecule has 0 bridgehead atoms. The van der Waals surface area contributed by atoms with Crippen molar-refractivity contribution in [2.75, 3.05) is 0 Å². The van der Waals surface area contributed by atoms with Crippen LogP contribution in [0, 0.1) is 0 Å². The van der Waals surface area contributed by atoms with E-state index >= 15 is 0 Å². The van der Waals surface area contributed by atoms with Gasteiger partial charge in [0, 0.05) is 0 Å². The monoisotopic (exact) mass is 256 g/mol. The van der Waals surface area contributed by atoms with Gasteiger partial charge >= 0.3 is 0 Å². The largest absolute Gasteiger partial charge is 0.0845 e. The molecule has 0 atom stereocenters. The summed E-state index contributed by atoms with van der Waals surface area (Å²) < 4.78 is 0. The maximum absolute atomic E-state index is 2.29. The van der Waals surface area contributed by atoms with Crippen LogP contribution in [0.3, 0.4) is 0 Å². The molecule has 0 N–H and O–H groups in total. The first kappa shape index (κ1) is 15.8. The van der Waals surface area contributed by atoms with Crippen molar-refractivity contribution >= 4 is 0 Å². The van der Waals surface area contributed by atoms with Crippen LogP contribution in [0.25, 0.3) is 0 Å². The van der Waals surface area contributed by atoms with Crippen molar-refractivity contribution in [3.05, 3.63) is 60.2 Å². The van der Waals surface area contributed by atoms with E-state index in [1.54, 1.807) is 0 Å². The second-order valence-corrected chi connectivity index (χ2v) is 5.10. The lowest BCUT2D eigenvalue weighted by molar-refractivity contribution is 0.611. The predicted molar refractivity (Wildman–Crippen MR) is 86.4 cm³/mol. The Morgan fingerprint density at radius 3 is 2.26 bits per heavy atom. The van der Waals surface area contributed by atoms with Crippen LogP contribution in [0.2, 0.25) is 0 Å². The fourth-order valence-electron chi connectivity index (χ4n) is 2.11. The zero-order chi connectivity index (χ0) is 13.6. The molecule has 0 saturated carbocycles. The topological polar surface area (TPSA) is 0 Å². The third kappa shape index (κ3) is 9.30. The quantitative estimate of drug-likeness (QED) is 0.351. The minimum absolute atomic E-state index is 1.03. The highest BCUT2D eigenvalue weighted by Crippen LogP contribution is 2.07. The molecule has 0 amide bonds. The molecule has 0 aliphatic heterocycles. The molecule has 0 aliphatic rings. The van der Waals surface area contributed by atoms with E-state index in [4.69, 9.17) is 0 Å². The number of hydrogen-bond acceptors (Lipinski definition) is 0. The van der Waals surface area contributed by atoms with E-state index in [0.29, 0.717) is 0 Å². The van der Waals surface area contributed by atoms with E-state index in [-0.39, 0.29) is 0 Å². The van der Waals surface area contributed by atoms with Gasteiger partial charge in [0.1, 0.15) is 0 Å². The Hall–Kier alpha value is -1.30. The number of hydrogen-bond donors (Lipinski definition) is 0. The minimum atomic E-state index is 1.03. The SMILES string of the molecule is CCCCCCCC/C=C/C=C\Cc1ccccc1. The highest BCUT2D eigenvalue weighted by Gasteiger charge is 1.87. The first-order chi connectivity index (χ1) is 9.43. The summed E-state index contributed by atoms with van der Waals surface area (Å²) in [5.74, 6) is 0. The van der Waals surface area contributed by atoms with Crippen LogP contribution >= 0.6 is 0 Å². The maximum atomic E-state index is 2.29. The summed E-state index contributed by atoms with van der Waals surface area (Å²) >= 11 is 0. The van der Waals surface area contributed by atoms with Gasteiger partial charge in [-0.15, -0.1) is 0 Å². The minimum Gasteiger partial charge on any atom is -0.0845 e. The van der Waals surface area contributed by atoms with Gasteiger partial charge in [0.2, 0.25) is 0 Å². The molecule has 0 nitrogen and oxygen atoms in total. The zero-order valence-electron chi connectivity index (χ0n) is 12.4. The molecule has 19 heavy (non-hydrogen) atoms. The van der Waals surface area contributed by atoms with Crippen LogP contribution in [0.5, 0.6) is 0 Å². The van der Waals surface area contributed by atoms with Crippen LogP contribution in [0.15, 0.2) is 54.6 Å². The Labute approximate surface area is 119 Å². The smallest absolute Gasteiger partial charge is 0.00943 e. The second kappa shape index (κ2) is 11.8. The molecule has 0 heterocycles. The van der Waals surface area contributed by atoms with Crippen molar-refractivity contribution in [1.82, 2.24) is 0 Å². The van der Waals surface area contributed by atoms with Gasteiger partial charge in [-0.25, -0.2) is 0 Å². The molecule has 0 heteroatoms. The van der Waals surface area contributed by atoms with Gasteiger partial charge in [-0.1, -0.05) is 93.7 Å². The third-order valence-electron chi connectivity index (χ3n) is 3.30. The number of unbranched alkanes of at least 4 members (excludes halogenated alkanes) is 6. The lowest BCUT2D eigenvalue weighted by atomic mass is 10.1. The molecule has 0 unspecified atom stereocenters.